The van der Waals surface area contributed by atoms with Gasteiger partial charge in [-0.3, -0.25) is 0 Å². The number of guanidine groups is 1. The molecule has 132 valence electrons. The summed E-state index contributed by atoms with van der Waals surface area (Å²) in [4.78, 5) is 7.12. The number of aliphatic imine (C=N–C) groups is 1. The lowest BCUT2D eigenvalue weighted by atomic mass is 10.1. The highest BCUT2D eigenvalue weighted by atomic mass is 16.3. The van der Waals surface area contributed by atoms with Gasteiger partial charge in [0.05, 0.1) is 12.6 Å². The average molecular weight is 345 g/mol. The number of rotatable bonds is 4. The number of phenolic OH excluding ortho intramolecular Hbond substituents is 1. The first-order valence-electron chi connectivity index (χ1n) is 9.05. The van der Waals surface area contributed by atoms with Crippen LogP contribution in [0.15, 0.2) is 71.7 Å². The van der Waals surface area contributed by atoms with Gasteiger partial charge < -0.3 is 15.3 Å². The molecule has 3 aromatic rings. The molecule has 0 aromatic heterocycles. The summed E-state index contributed by atoms with van der Waals surface area (Å²) < 4.78 is 0. The monoisotopic (exact) mass is 345 g/mol. The lowest BCUT2D eigenvalue weighted by molar-refractivity contribution is 0.455. The molecule has 0 spiro atoms. The summed E-state index contributed by atoms with van der Waals surface area (Å²) in [5.41, 5.74) is 2.46. The van der Waals surface area contributed by atoms with Crippen LogP contribution in [-0.4, -0.2) is 29.1 Å². The van der Waals surface area contributed by atoms with Crippen LogP contribution in [0.1, 0.15) is 24.1 Å². The van der Waals surface area contributed by atoms with Crippen molar-refractivity contribution in [1.29, 1.82) is 0 Å². The Labute approximate surface area is 153 Å². The van der Waals surface area contributed by atoms with Crippen molar-refractivity contribution < 1.29 is 5.11 Å². The molecule has 0 radical (unpaired) electrons. The van der Waals surface area contributed by atoms with Gasteiger partial charge in [-0.2, -0.15) is 0 Å². The lowest BCUT2D eigenvalue weighted by Gasteiger charge is -2.14. The second-order valence-corrected chi connectivity index (χ2v) is 6.65. The van der Waals surface area contributed by atoms with E-state index in [1.165, 1.54) is 5.56 Å². The van der Waals surface area contributed by atoms with E-state index in [0.29, 0.717) is 12.3 Å². The minimum absolute atomic E-state index is 0.287. The van der Waals surface area contributed by atoms with E-state index in [2.05, 4.69) is 53.5 Å². The van der Waals surface area contributed by atoms with Gasteiger partial charge in [0.15, 0.2) is 5.96 Å². The zero-order valence-corrected chi connectivity index (χ0v) is 14.9. The highest BCUT2D eigenvalue weighted by Crippen LogP contribution is 2.23. The first-order chi connectivity index (χ1) is 12.7. The summed E-state index contributed by atoms with van der Waals surface area (Å²) in [5.74, 6) is 1.26. The molecule has 1 aliphatic heterocycles. The number of aromatic hydroxyl groups is 1. The largest absolute Gasteiger partial charge is 0.508 e. The van der Waals surface area contributed by atoms with Crippen LogP contribution in [0.4, 0.5) is 0 Å². The van der Waals surface area contributed by atoms with Crippen molar-refractivity contribution in [2.75, 3.05) is 13.1 Å². The number of likely N-dealkylation sites (N-methyl/N-ethyl adjacent to an activating group) is 1. The van der Waals surface area contributed by atoms with Crippen LogP contribution in [0.25, 0.3) is 10.8 Å². The van der Waals surface area contributed by atoms with Crippen LogP contribution < -0.4 is 5.32 Å². The second-order valence-electron chi connectivity index (χ2n) is 6.65. The minimum atomic E-state index is 0.287. The van der Waals surface area contributed by atoms with Crippen LogP contribution in [0.2, 0.25) is 0 Å². The fraction of sp³-hybridized carbons (Fsp3) is 0.227. The van der Waals surface area contributed by atoms with Crippen LogP contribution in [0.3, 0.4) is 0 Å². The number of phenols is 1. The van der Waals surface area contributed by atoms with E-state index < -0.39 is 0 Å². The molecule has 3 aromatic carbocycles. The van der Waals surface area contributed by atoms with E-state index in [1.54, 1.807) is 12.1 Å². The maximum absolute atomic E-state index is 9.59. The lowest BCUT2D eigenvalue weighted by Crippen LogP contribution is -2.30. The molecule has 1 saturated heterocycles. The van der Waals surface area contributed by atoms with Gasteiger partial charge in [-0.1, -0.05) is 48.5 Å². The summed E-state index contributed by atoms with van der Waals surface area (Å²) in [6.07, 6.45) is 0. The number of nitrogens with zero attached hydrogens (tertiary/aromatic N) is 2. The maximum atomic E-state index is 9.59. The molecule has 1 fully saturated rings. The van der Waals surface area contributed by atoms with Crippen molar-refractivity contribution in [3.8, 4) is 5.75 Å². The van der Waals surface area contributed by atoms with E-state index in [4.69, 9.17) is 4.99 Å². The summed E-state index contributed by atoms with van der Waals surface area (Å²) in [7, 11) is 0. The summed E-state index contributed by atoms with van der Waals surface area (Å²) >= 11 is 0. The highest BCUT2D eigenvalue weighted by Gasteiger charge is 2.26. The van der Waals surface area contributed by atoms with Crippen molar-refractivity contribution in [3.05, 3.63) is 77.9 Å². The van der Waals surface area contributed by atoms with Gasteiger partial charge >= 0.3 is 0 Å². The molecule has 26 heavy (non-hydrogen) atoms. The Bertz CT molecular complexity index is 937. The van der Waals surface area contributed by atoms with Crippen molar-refractivity contribution in [1.82, 2.24) is 10.2 Å². The Morgan fingerprint density at radius 1 is 1.04 bits per heavy atom. The summed E-state index contributed by atoms with van der Waals surface area (Å²) in [6.45, 7) is 4.67. The molecule has 0 amide bonds. The van der Waals surface area contributed by atoms with Crippen LogP contribution >= 0.6 is 0 Å². The maximum Gasteiger partial charge on any atom is 0.194 e. The van der Waals surface area contributed by atoms with Gasteiger partial charge in [0, 0.05) is 13.1 Å². The normalized spacial score (nSPS) is 18.4. The van der Waals surface area contributed by atoms with Gasteiger partial charge in [0.2, 0.25) is 0 Å². The zero-order valence-electron chi connectivity index (χ0n) is 14.9. The van der Waals surface area contributed by atoms with Gasteiger partial charge in [-0.15, -0.1) is 0 Å². The van der Waals surface area contributed by atoms with Crippen LogP contribution in [-0.2, 0) is 6.54 Å². The molecule has 1 atom stereocenters. The van der Waals surface area contributed by atoms with Gasteiger partial charge in [0.1, 0.15) is 5.75 Å². The number of hydrogen-bond acceptors (Lipinski definition) is 2. The topological polar surface area (TPSA) is 47.9 Å². The average Bonchev–Trinajstić information content (AvgIpc) is 3.10. The Morgan fingerprint density at radius 2 is 1.81 bits per heavy atom. The third-order valence-electron chi connectivity index (χ3n) is 4.89. The SMILES string of the molecule is CCN1CC(c2ccccc2)NC1=NCc1ccc2cc(O)ccc2c1. The number of hydrogen-bond donors (Lipinski definition) is 2. The summed E-state index contributed by atoms with van der Waals surface area (Å²) in [6, 6.07) is 22.5. The first-order valence-corrected chi connectivity index (χ1v) is 9.05. The van der Waals surface area contributed by atoms with Crippen LogP contribution in [0, 0.1) is 0 Å². The van der Waals surface area contributed by atoms with Crippen molar-refractivity contribution >= 4 is 16.7 Å². The Morgan fingerprint density at radius 3 is 2.62 bits per heavy atom. The molecule has 0 bridgehead atoms. The van der Waals surface area contributed by atoms with E-state index in [-0.39, 0.29) is 6.04 Å². The molecule has 4 nitrogen and oxygen atoms in total. The van der Waals surface area contributed by atoms with Gasteiger partial charge in [0.25, 0.3) is 0 Å². The molecule has 1 unspecified atom stereocenters. The number of benzene rings is 3. The van der Waals surface area contributed by atoms with Gasteiger partial charge in [-0.25, -0.2) is 4.99 Å². The molecule has 1 heterocycles. The highest BCUT2D eigenvalue weighted by molar-refractivity contribution is 5.85. The standard InChI is InChI=1S/C22H23N3O/c1-2-25-15-21(17-6-4-3-5-7-17)24-22(25)23-14-16-8-9-19-13-20(26)11-10-18(19)12-16/h3-13,21,26H,2,14-15H2,1H3,(H,23,24). The van der Waals surface area contributed by atoms with Crippen molar-refractivity contribution in [2.45, 2.75) is 19.5 Å². The Kier molecular flexibility index (Phi) is 4.48. The molecular weight excluding hydrogens is 322 g/mol. The first kappa shape index (κ1) is 16.5. The Hall–Kier alpha value is -3.01. The van der Waals surface area contributed by atoms with E-state index in [0.717, 1.165) is 35.4 Å². The zero-order chi connectivity index (χ0) is 17.9. The number of nitrogens with one attached hydrogen (secondary N) is 1. The minimum Gasteiger partial charge on any atom is -0.508 e. The van der Waals surface area contributed by atoms with E-state index >= 15 is 0 Å². The van der Waals surface area contributed by atoms with Crippen molar-refractivity contribution in [3.63, 3.8) is 0 Å². The fourth-order valence-corrected chi connectivity index (χ4v) is 3.45. The molecule has 2 N–H and O–H groups in total. The third-order valence-corrected chi connectivity index (χ3v) is 4.89. The molecule has 0 saturated carbocycles. The summed E-state index contributed by atoms with van der Waals surface area (Å²) in [5, 5.41) is 15.3. The van der Waals surface area contributed by atoms with E-state index in [9.17, 15) is 5.11 Å². The second kappa shape index (κ2) is 7.08. The Balaban J connectivity index is 1.53. The predicted molar refractivity (Wildman–Crippen MR) is 106 cm³/mol. The molecule has 1 aliphatic rings. The van der Waals surface area contributed by atoms with E-state index in [1.807, 2.05) is 18.2 Å². The smallest absolute Gasteiger partial charge is 0.194 e. The quantitative estimate of drug-likeness (QED) is 0.749. The van der Waals surface area contributed by atoms with Crippen molar-refractivity contribution in [2.24, 2.45) is 4.99 Å². The van der Waals surface area contributed by atoms with Gasteiger partial charge in [-0.05, 0) is 47.0 Å². The third kappa shape index (κ3) is 3.36. The number of fused-ring (bicyclic) bond motifs is 1. The molecule has 4 rings (SSSR count). The molecule has 0 aliphatic carbocycles. The molecular formula is C22H23N3O. The van der Waals surface area contributed by atoms with Crippen LogP contribution in [0.5, 0.6) is 5.75 Å². The molecule has 4 heteroatoms. The fourth-order valence-electron chi connectivity index (χ4n) is 3.45. The predicted octanol–water partition coefficient (Wildman–Crippen LogP) is 4.07.